The Morgan fingerprint density at radius 1 is 0.891 bits per heavy atom. The molecule has 5 aromatic rings. The summed E-state index contributed by atoms with van der Waals surface area (Å²) in [5.41, 5.74) is 7.05. The first-order valence-electron chi connectivity index (χ1n) is 19.3. The highest BCUT2D eigenvalue weighted by atomic mass is 28.3. The number of carbonyl (C=O) groups excluding carboxylic acids is 1. The van der Waals surface area contributed by atoms with Crippen molar-refractivity contribution in [1.29, 1.82) is 0 Å². The molecule has 3 heterocycles. The Bertz CT molecular complexity index is 2120. The maximum Gasteiger partial charge on any atom is 0.320 e. The van der Waals surface area contributed by atoms with E-state index in [9.17, 15) is 4.79 Å². The molecule has 3 aromatic carbocycles. The summed E-state index contributed by atoms with van der Waals surface area (Å²) in [4.78, 5) is 21.5. The zero-order valence-electron chi connectivity index (χ0n) is 34.0. The fourth-order valence-corrected chi connectivity index (χ4v) is 8.18. The van der Waals surface area contributed by atoms with E-state index in [-0.39, 0.29) is 18.5 Å². The normalized spacial score (nSPS) is 13.2. The highest BCUT2D eigenvalue weighted by Crippen LogP contribution is 2.37. The van der Waals surface area contributed by atoms with Crippen molar-refractivity contribution in [2.75, 3.05) is 27.3 Å². The fourth-order valence-electron chi connectivity index (χ4n) is 6.67. The number of imidazole rings is 1. The van der Waals surface area contributed by atoms with Gasteiger partial charge in [-0.1, -0.05) is 82.6 Å². The Labute approximate surface area is 327 Å². The minimum Gasteiger partial charge on any atom is -0.486 e. The number of carbonyl (C=O) groups is 1. The lowest BCUT2D eigenvalue weighted by atomic mass is 9.96. The number of fused-ring (bicyclic) bond motifs is 2. The number of nitrogens with zero attached hydrogens (tertiary/aromatic N) is 6. The quantitative estimate of drug-likeness (QED) is 0.0732. The van der Waals surface area contributed by atoms with Crippen LogP contribution in [-0.4, -0.2) is 78.6 Å². The van der Waals surface area contributed by atoms with Crippen molar-refractivity contribution in [2.24, 2.45) is 0 Å². The van der Waals surface area contributed by atoms with Crippen LogP contribution in [0.15, 0.2) is 60.7 Å². The van der Waals surface area contributed by atoms with Gasteiger partial charge in [0.1, 0.15) is 25.8 Å². The van der Waals surface area contributed by atoms with Gasteiger partial charge in [0.05, 0.1) is 30.0 Å². The van der Waals surface area contributed by atoms with Crippen molar-refractivity contribution < 1.29 is 23.4 Å². The number of ether oxygens (including phenoxy) is 3. The van der Waals surface area contributed by atoms with Gasteiger partial charge >= 0.3 is 6.03 Å². The van der Waals surface area contributed by atoms with Crippen LogP contribution in [-0.2, 0) is 49.1 Å². The van der Waals surface area contributed by atoms with Gasteiger partial charge in [-0.05, 0) is 65.0 Å². The predicted molar refractivity (Wildman–Crippen MR) is 223 cm³/mol. The van der Waals surface area contributed by atoms with Crippen LogP contribution in [0, 0.1) is 5.82 Å². The van der Waals surface area contributed by atoms with E-state index in [0.29, 0.717) is 51.9 Å². The molecule has 10 nitrogen and oxygen atoms in total. The lowest BCUT2D eigenvalue weighted by Crippen LogP contribution is -2.35. The van der Waals surface area contributed by atoms with Crippen molar-refractivity contribution in [2.45, 2.75) is 97.9 Å². The van der Waals surface area contributed by atoms with Crippen molar-refractivity contribution in [3.8, 4) is 28.4 Å². The summed E-state index contributed by atoms with van der Waals surface area (Å²) < 4.78 is 38.2. The molecule has 0 saturated heterocycles. The van der Waals surface area contributed by atoms with Gasteiger partial charge in [0.15, 0.2) is 17.4 Å². The first kappa shape index (κ1) is 40.4. The standard InChI is InChI=1S/C42H57FN6O4Si2/c1-10-31-23-39(53-27-30-14-12-11-13-15-30)35(43)24-34(31)32-16-17-33-37(22-32)49(29-52-19-21-55(7,8)9)45-40(33)41-44-36-25-47(42(50)46(2)3)26-38(36)48(41)28-51-18-20-54(4,5)6/h11-17,22-24H,10,18-21,25-29H2,1-9H3. The smallest absolute Gasteiger partial charge is 0.320 e. The van der Waals surface area contributed by atoms with Crippen molar-refractivity contribution in [3.05, 3.63) is 89.0 Å². The molecule has 6 rings (SSSR count). The average Bonchev–Trinajstić information content (AvgIpc) is 3.81. The molecule has 1 aliphatic rings. The van der Waals surface area contributed by atoms with Gasteiger partial charge < -0.3 is 28.6 Å². The molecule has 0 radical (unpaired) electrons. The Balaban J connectivity index is 1.39. The minimum absolute atomic E-state index is 0.0536. The summed E-state index contributed by atoms with van der Waals surface area (Å²) in [5, 5.41) is 6.08. The van der Waals surface area contributed by atoms with Crippen molar-refractivity contribution >= 4 is 33.1 Å². The van der Waals surface area contributed by atoms with E-state index >= 15 is 4.39 Å². The van der Waals surface area contributed by atoms with Gasteiger partial charge in [0, 0.05) is 48.8 Å². The molecule has 2 aromatic heterocycles. The number of amides is 2. The topological polar surface area (TPSA) is 86.9 Å². The molecule has 0 spiro atoms. The first-order valence-corrected chi connectivity index (χ1v) is 26.7. The monoisotopic (exact) mass is 784 g/mol. The third-order valence-corrected chi connectivity index (χ3v) is 13.4. The molecule has 0 aliphatic carbocycles. The summed E-state index contributed by atoms with van der Waals surface area (Å²) in [6, 6.07) is 21.4. The summed E-state index contributed by atoms with van der Waals surface area (Å²) >= 11 is 0. The third-order valence-electron chi connectivity index (χ3n) is 9.97. The highest BCUT2D eigenvalue weighted by molar-refractivity contribution is 6.76. The Kier molecular flexibility index (Phi) is 12.3. The zero-order chi connectivity index (χ0) is 39.5. The largest absolute Gasteiger partial charge is 0.486 e. The molecule has 0 unspecified atom stereocenters. The number of rotatable bonds is 16. The molecule has 55 heavy (non-hydrogen) atoms. The second kappa shape index (κ2) is 16.8. The fraction of sp³-hybridized carbons (Fsp3) is 0.452. The van der Waals surface area contributed by atoms with Crippen LogP contribution in [0.5, 0.6) is 5.75 Å². The van der Waals surface area contributed by atoms with E-state index in [2.05, 4.69) is 62.9 Å². The van der Waals surface area contributed by atoms with E-state index in [1.54, 1.807) is 30.0 Å². The van der Waals surface area contributed by atoms with Crippen LogP contribution < -0.4 is 4.74 Å². The summed E-state index contributed by atoms with van der Waals surface area (Å²) in [5.74, 6) is 0.541. The first-order chi connectivity index (χ1) is 26.1. The summed E-state index contributed by atoms with van der Waals surface area (Å²) in [7, 11) is 0.915. The number of halogens is 1. The lowest BCUT2D eigenvalue weighted by molar-refractivity contribution is 0.0814. The van der Waals surface area contributed by atoms with Crippen molar-refractivity contribution in [1.82, 2.24) is 29.1 Å². The molecular formula is C42H57FN6O4Si2. The number of urea groups is 1. The average molecular weight is 785 g/mol. The number of hydrogen-bond donors (Lipinski definition) is 0. The predicted octanol–water partition coefficient (Wildman–Crippen LogP) is 9.47. The lowest BCUT2D eigenvalue weighted by Gasteiger charge is -2.21. The summed E-state index contributed by atoms with van der Waals surface area (Å²) in [6.07, 6.45) is 0.702. The van der Waals surface area contributed by atoms with Crippen LogP contribution in [0.3, 0.4) is 0 Å². The van der Waals surface area contributed by atoms with Crippen LogP contribution in [0.25, 0.3) is 33.5 Å². The van der Waals surface area contributed by atoms with E-state index in [4.69, 9.17) is 24.3 Å². The zero-order valence-corrected chi connectivity index (χ0v) is 36.0. The number of aryl methyl sites for hydroxylation is 1. The number of aromatic nitrogens is 4. The van der Waals surface area contributed by atoms with Crippen molar-refractivity contribution in [3.63, 3.8) is 0 Å². The molecule has 0 N–H and O–H groups in total. The molecule has 0 atom stereocenters. The van der Waals surface area contributed by atoms with Crippen LogP contribution >= 0.6 is 0 Å². The van der Waals surface area contributed by atoms with Gasteiger partial charge in [-0.25, -0.2) is 18.9 Å². The Morgan fingerprint density at radius 3 is 2.24 bits per heavy atom. The van der Waals surface area contributed by atoms with E-state index in [0.717, 1.165) is 62.3 Å². The Hall–Kier alpha value is -4.31. The van der Waals surface area contributed by atoms with Crippen LogP contribution in [0.2, 0.25) is 51.4 Å². The molecule has 0 fully saturated rings. The maximum absolute atomic E-state index is 15.7. The van der Waals surface area contributed by atoms with Gasteiger partial charge in [-0.2, -0.15) is 5.10 Å². The van der Waals surface area contributed by atoms with E-state index in [1.807, 2.05) is 47.1 Å². The second-order valence-corrected chi connectivity index (χ2v) is 28.4. The molecule has 0 saturated carbocycles. The molecule has 294 valence electrons. The maximum atomic E-state index is 15.7. The molecule has 1 aliphatic heterocycles. The SMILES string of the molecule is CCc1cc(OCc2ccccc2)c(F)cc1-c1ccc2c(-c3nc4c(n3COCC[Si](C)(C)C)CN(C(=O)N(C)C)C4)nn(COCC[Si](C)(C)C)c2c1. The van der Waals surface area contributed by atoms with Gasteiger partial charge in [-0.15, -0.1) is 0 Å². The van der Waals surface area contributed by atoms with E-state index in [1.165, 1.54) is 0 Å². The number of benzene rings is 3. The van der Waals surface area contributed by atoms with Crippen LogP contribution in [0.1, 0.15) is 29.4 Å². The highest BCUT2D eigenvalue weighted by Gasteiger charge is 2.32. The molecular weight excluding hydrogens is 728 g/mol. The molecule has 13 heteroatoms. The van der Waals surface area contributed by atoms with Gasteiger partial charge in [0.2, 0.25) is 0 Å². The minimum atomic E-state index is -1.31. The summed E-state index contributed by atoms with van der Waals surface area (Å²) in [6.45, 7) is 19.1. The van der Waals surface area contributed by atoms with E-state index < -0.39 is 22.0 Å². The molecule has 2 amide bonds. The number of hydrogen-bond acceptors (Lipinski definition) is 6. The Morgan fingerprint density at radius 2 is 1.58 bits per heavy atom. The third kappa shape index (κ3) is 9.75. The second-order valence-electron chi connectivity index (χ2n) is 17.1. The molecule has 0 bridgehead atoms. The van der Waals surface area contributed by atoms with Crippen LogP contribution in [0.4, 0.5) is 9.18 Å². The van der Waals surface area contributed by atoms with Gasteiger partial charge in [0.25, 0.3) is 0 Å². The van der Waals surface area contributed by atoms with Gasteiger partial charge in [-0.3, -0.25) is 0 Å².